The first kappa shape index (κ1) is 17.1. The van der Waals surface area contributed by atoms with E-state index in [1.54, 1.807) is 18.2 Å². The Hall–Kier alpha value is -2.30. The predicted molar refractivity (Wildman–Crippen MR) is 90.6 cm³/mol. The molecule has 0 radical (unpaired) electrons. The standard InChI is InChI=1S/C16H14N2O3S2/c1-10-7-12(22-9-17)4-5-13(10)18-15(19)8-21-16(20)14-6-3-11(2)23-14/h3-7H,8H2,1-2H3,(H,18,19). The number of carbonyl (C=O) groups excluding carboxylic acids is 2. The summed E-state index contributed by atoms with van der Waals surface area (Å²) in [5, 5.41) is 13.3. The van der Waals surface area contributed by atoms with Crippen LogP contribution < -0.4 is 5.32 Å². The zero-order valence-corrected chi connectivity index (χ0v) is 14.2. The maximum Gasteiger partial charge on any atom is 0.348 e. The van der Waals surface area contributed by atoms with Gasteiger partial charge in [0.2, 0.25) is 0 Å². The Labute approximate surface area is 142 Å². The van der Waals surface area contributed by atoms with Gasteiger partial charge in [0.1, 0.15) is 10.3 Å². The second kappa shape index (κ2) is 7.81. The van der Waals surface area contributed by atoms with Crippen LogP contribution in [0.25, 0.3) is 0 Å². The molecule has 1 heterocycles. The van der Waals surface area contributed by atoms with Gasteiger partial charge in [0.05, 0.1) is 0 Å². The lowest BCUT2D eigenvalue weighted by molar-refractivity contribution is -0.119. The Bertz CT molecular complexity index is 778. The first-order valence-corrected chi connectivity index (χ1v) is 8.33. The van der Waals surface area contributed by atoms with E-state index >= 15 is 0 Å². The summed E-state index contributed by atoms with van der Waals surface area (Å²) in [6.45, 7) is 3.38. The molecule has 0 saturated heterocycles. The minimum absolute atomic E-state index is 0.343. The molecular weight excluding hydrogens is 332 g/mol. The molecule has 23 heavy (non-hydrogen) atoms. The van der Waals surface area contributed by atoms with Gasteiger partial charge < -0.3 is 10.1 Å². The number of thiophene rings is 1. The molecule has 1 aromatic carbocycles. The number of hydrogen-bond acceptors (Lipinski definition) is 6. The molecule has 0 aliphatic heterocycles. The van der Waals surface area contributed by atoms with Gasteiger partial charge in [0.25, 0.3) is 5.91 Å². The molecule has 5 nitrogen and oxygen atoms in total. The number of amides is 1. The highest BCUT2D eigenvalue weighted by Crippen LogP contribution is 2.23. The Morgan fingerprint density at radius 2 is 2.09 bits per heavy atom. The van der Waals surface area contributed by atoms with E-state index in [1.165, 1.54) is 11.3 Å². The first-order valence-electron chi connectivity index (χ1n) is 6.69. The average molecular weight is 346 g/mol. The summed E-state index contributed by atoms with van der Waals surface area (Å²) in [5.74, 6) is -0.911. The molecule has 0 spiro atoms. The summed E-state index contributed by atoms with van der Waals surface area (Å²) < 4.78 is 4.99. The Morgan fingerprint density at radius 3 is 2.70 bits per heavy atom. The van der Waals surface area contributed by atoms with Crippen LogP contribution in [0.4, 0.5) is 5.69 Å². The van der Waals surface area contributed by atoms with Crippen LogP contribution in [0.2, 0.25) is 0 Å². The van der Waals surface area contributed by atoms with E-state index in [9.17, 15) is 9.59 Å². The second-order valence-corrected chi connectivity index (χ2v) is 6.85. The fourth-order valence-electron chi connectivity index (χ4n) is 1.83. The smallest absolute Gasteiger partial charge is 0.348 e. The summed E-state index contributed by atoms with van der Waals surface area (Å²) in [5.41, 5.74) is 1.46. The SMILES string of the molecule is Cc1ccc(C(=O)OCC(=O)Nc2ccc(SC#N)cc2C)s1. The van der Waals surface area contributed by atoms with Crippen LogP contribution in [0.5, 0.6) is 0 Å². The molecular formula is C16H14N2O3S2. The van der Waals surface area contributed by atoms with Crippen molar-refractivity contribution < 1.29 is 14.3 Å². The highest BCUT2D eigenvalue weighted by molar-refractivity contribution is 8.03. The lowest BCUT2D eigenvalue weighted by Crippen LogP contribution is -2.21. The summed E-state index contributed by atoms with van der Waals surface area (Å²) in [7, 11) is 0. The van der Waals surface area contributed by atoms with Crippen LogP contribution in [0.1, 0.15) is 20.1 Å². The van der Waals surface area contributed by atoms with E-state index in [1.807, 2.05) is 31.4 Å². The van der Waals surface area contributed by atoms with E-state index in [2.05, 4.69) is 5.32 Å². The summed E-state index contributed by atoms with van der Waals surface area (Å²) in [6.07, 6.45) is 0. The van der Waals surface area contributed by atoms with Crippen LogP contribution in [0.15, 0.2) is 35.2 Å². The fourth-order valence-corrected chi connectivity index (χ4v) is 3.06. The second-order valence-electron chi connectivity index (χ2n) is 4.70. The van der Waals surface area contributed by atoms with Crippen LogP contribution in [0, 0.1) is 24.5 Å². The van der Waals surface area contributed by atoms with Crippen molar-refractivity contribution in [3.05, 3.63) is 45.6 Å². The molecule has 0 aliphatic carbocycles. The number of carbonyl (C=O) groups is 2. The Morgan fingerprint density at radius 1 is 1.30 bits per heavy atom. The third-order valence-electron chi connectivity index (χ3n) is 2.91. The lowest BCUT2D eigenvalue weighted by Gasteiger charge is -2.09. The molecule has 0 atom stereocenters. The molecule has 118 valence electrons. The van der Waals surface area contributed by atoms with Gasteiger partial charge in [-0.25, -0.2) is 4.79 Å². The van der Waals surface area contributed by atoms with Crippen molar-refractivity contribution in [2.45, 2.75) is 18.7 Å². The zero-order chi connectivity index (χ0) is 16.8. The minimum Gasteiger partial charge on any atom is -0.451 e. The number of nitrogens with zero attached hydrogens (tertiary/aromatic N) is 1. The van der Waals surface area contributed by atoms with Crippen LogP contribution >= 0.6 is 23.1 Å². The lowest BCUT2D eigenvalue weighted by atomic mass is 10.2. The molecule has 0 aliphatic rings. The summed E-state index contributed by atoms with van der Waals surface area (Å²) >= 11 is 2.38. The van der Waals surface area contributed by atoms with Gasteiger partial charge in [-0.05, 0) is 61.5 Å². The van der Waals surface area contributed by atoms with Crippen LogP contribution in [0.3, 0.4) is 0 Å². The van der Waals surface area contributed by atoms with Crippen molar-refractivity contribution in [1.29, 1.82) is 5.26 Å². The van der Waals surface area contributed by atoms with Crippen molar-refractivity contribution in [1.82, 2.24) is 0 Å². The van der Waals surface area contributed by atoms with Gasteiger partial charge in [0.15, 0.2) is 6.61 Å². The number of anilines is 1. The maximum atomic E-state index is 11.9. The average Bonchev–Trinajstić information content (AvgIpc) is 2.94. The summed E-state index contributed by atoms with van der Waals surface area (Å²) in [6, 6.07) is 8.78. The van der Waals surface area contributed by atoms with Crippen LogP contribution in [-0.2, 0) is 9.53 Å². The van der Waals surface area contributed by atoms with Crippen molar-refractivity contribution in [3.63, 3.8) is 0 Å². The number of nitrogens with one attached hydrogen (secondary N) is 1. The molecule has 1 amide bonds. The Balaban J connectivity index is 1.90. The van der Waals surface area contributed by atoms with Crippen molar-refractivity contribution in [2.75, 3.05) is 11.9 Å². The van der Waals surface area contributed by atoms with E-state index in [-0.39, 0.29) is 6.61 Å². The van der Waals surface area contributed by atoms with Crippen molar-refractivity contribution >= 4 is 40.7 Å². The van der Waals surface area contributed by atoms with Gasteiger partial charge >= 0.3 is 5.97 Å². The number of hydrogen-bond donors (Lipinski definition) is 1. The number of esters is 1. The first-order chi connectivity index (χ1) is 11.0. The largest absolute Gasteiger partial charge is 0.451 e. The molecule has 1 aromatic heterocycles. The number of aryl methyl sites for hydroxylation is 2. The minimum atomic E-state index is -0.504. The van der Waals surface area contributed by atoms with E-state index in [0.29, 0.717) is 10.6 Å². The number of benzene rings is 1. The van der Waals surface area contributed by atoms with E-state index < -0.39 is 11.9 Å². The number of nitriles is 1. The Kier molecular flexibility index (Phi) is 5.79. The van der Waals surface area contributed by atoms with Gasteiger partial charge in [-0.1, -0.05) is 0 Å². The highest BCUT2D eigenvalue weighted by atomic mass is 32.2. The van der Waals surface area contributed by atoms with Gasteiger partial charge in [-0.15, -0.1) is 11.3 Å². The van der Waals surface area contributed by atoms with Gasteiger partial charge in [0, 0.05) is 15.5 Å². The van der Waals surface area contributed by atoms with Crippen LogP contribution in [-0.4, -0.2) is 18.5 Å². The van der Waals surface area contributed by atoms with Gasteiger partial charge in [-0.3, -0.25) is 4.79 Å². The van der Waals surface area contributed by atoms with Crippen molar-refractivity contribution in [2.24, 2.45) is 0 Å². The molecule has 7 heteroatoms. The highest BCUT2D eigenvalue weighted by Gasteiger charge is 2.12. The fraction of sp³-hybridized carbons (Fsp3) is 0.188. The number of rotatable bonds is 5. The third kappa shape index (κ3) is 4.84. The van der Waals surface area contributed by atoms with E-state index in [0.717, 1.165) is 27.1 Å². The number of thioether (sulfide) groups is 1. The van der Waals surface area contributed by atoms with E-state index in [4.69, 9.17) is 10.00 Å². The number of ether oxygens (including phenoxy) is 1. The molecule has 0 unspecified atom stereocenters. The summed E-state index contributed by atoms with van der Waals surface area (Å²) in [4.78, 5) is 25.9. The third-order valence-corrected chi connectivity index (χ3v) is 4.47. The molecule has 1 N–H and O–H groups in total. The zero-order valence-electron chi connectivity index (χ0n) is 12.6. The van der Waals surface area contributed by atoms with Gasteiger partial charge in [-0.2, -0.15) is 5.26 Å². The van der Waals surface area contributed by atoms with Crippen molar-refractivity contribution in [3.8, 4) is 5.40 Å². The molecule has 2 aromatic rings. The monoisotopic (exact) mass is 346 g/mol. The topological polar surface area (TPSA) is 79.2 Å². The molecule has 0 bridgehead atoms. The maximum absolute atomic E-state index is 11.9. The molecule has 0 saturated carbocycles. The normalized spacial score (nSPS) is 9.96. The predicted octanol–water partition coefficient (Wildman–Crippen LogP) is 3.73. The number of thiocyanates is 1. The quantitative estimate of drug-likeness (QED) is 0.507. The molecule has 0 fully saturated rings. The molecule has 2 rings (SSSR count).